The molecule has 1 fully saturated rings. The van der Waals surface area contributed by atoms with Gasteiger partial charge in [-0.1, -0.05) is 0 Å². The van der Waals surface area contributed by atoms with Crippen LogP contribution in [-0.4, -0.2) is 53.7 Å². The minimum absolute atomic E-state index is 0.00212. The molecule has 2 amide bonds. The fourth-order valence-electron chi connectivity index (χ4n) is 1.90. The molecule has 0 spiro atoms. The van der Waals surface area contributed by atoms with Crippen LogP contribution in [0.2, 0.25) is 0 Å². The number of nitrogens with zero attached hydrogens (tertiary/aromatic N) is 3. The van der Waals surface area contributed by atoms with Crippen molar-refractivity contribution in [1.82, 2.24) is 15.3 Å². The van der Waals surface area contributed by atoms with E-state index in [-0.39, 0.29) is 18.2 Å². The van der Waals surface area contributed by atoms with Crippen molar-refractivity contribution in [2.75, 3.05) is 26.3 Å². The summed E-state index contributed by atoms with van der Waals surface area (Å²) >= 11 is 0. The molecule has 21 heavy (non-hydrogen) atoms. The van der Waals surface area contributed by atoms with Crippen LogP contribution < -0.4 is 5.43 Å². The highest BCUT2D eigenvalue weighted by Crippen LogP contribution is 2.01. The van der Waals surface area contributed by atoms with Crippen molar-refractivity contribution in [3.8, 4) is 0 Å². The third-order valence-corrected chi connectivity index (χ3v) is 3.06. The molecular formula is C14H18N4O3. The minimum Gasteiger partial charge on any atom is -0.378 e. The van der Waals surface area contributed by atoms with Crippen molar-refractivity contribution in [2.24, 2.45) is 5.10 Å². The van der Waals surface area contributed by atoms with E-state index in [1.165, 1.54) is 12.4 Å². The minimum atomic E-state index is -0.324. The molecule has 0 radical (unpaired) electrons. The zero-order valence-corrected chi connectivity index (χ0v) is 11.9. The summed E-state index contributed by atoms with van der Waals surface area (Å²) in [5.74, 6) is -0.326. The summed E-state index contributed by atoms with van der Waals surface area (Å²) in [6.07, 6.45) is 3.26. The van der Waals surface area contributed by atoms with Crippen molar-refractivity contribution in [3.63, 3.8) is 0 Å². The molecule has 0 bridgehead atoms. The third-order valence-electron chi connectivity index (χ3n) is 3.06. The van der Waals surface area contributed by atoms with Crippen LogP contribution in [0.1, 0.15) is 23.7 Å². The van der Waals surface area contributed by atoms with E-state index in [0.29, 0.717) is 37.6 Å². The van der Waals surface area contributed by atoms with Gasteiger partial charge in [-0.15, -0.1) is 0 Å². The first kappa shape index (κ1) is 15.1. The Hall–Kier alpha value is -2.28. The Morgan fingerprint density at radius 1 is 1.33 bits per heavy atom. The van der Waals surface area contributed by atoms with Crippen LogP contribution in [-0.2, 0) is 9.53 Å². The lowest BCUT2D eigenvalue weighted by atomic mass is 10.2. The normalized spacial score (nSPS) is 15.7. The Kier molecular flexibility index (Phi) is 5.39. The van der Waals surface area contributed by atoms with Crippen molar-refractivity contribution in [3.05, 3.63) is 30.1 Å². The van der Waals surface area contributed by atoms with E-state index in [0.717, 1.165) is 0 Å². The second-order valence-electron chi connectivity index (χ2n) is 4.69. The molecule has 7 heteroatoms. The number of rotatable bonds is 4. The Morgan fingerprint density at radius 3 is 2.67 bits per heavy atom. The van der Waals surface area contributed by atoms with Crippen LogP contribution in [0, 0.1) is 0 Å². The summed E-state index contributed by atoms with van der Waals surface area (Å²) < 4.78 is 5.20. The second-order valence-corrected chi connectivity index (χ2v) is 4.69. The van der Waals surface area contributed by atoms with Gasteiger partial charge in [0.1, 0.15) is 0 Å². The van der Waals surface area contributed by atoms with Gasteiger partial charge in [0, 0.05) is 36.8 Å². The van der Waals surface area contributed by atoms with Gasteiger partial charge in [0.25, 0.3) is 5.91 Å². The number of hydrogen-bond donors (Lipinski definition) is 1. The second kappa shape index (κ2) is 7.49. The fourth-order valence-corrected chi connectivity index (χ4v) is 1.90. The van der Waals surface area contributed by atoms with Crippen LogP contribution in [0.25, 0.3) is 0 Å². The maximum Gasteiger partial charge on any atom is 0.271 e. The Balaban J connectivity index is 1.83. The maximum absolute atomic E-state index is 12.0. The molecule has 1 aromatic rings. The smallest absolute Gasteiger partial charge is 0.271 e. The molecule has 0 atom stereocenters. The SMILES string of the molecule is C/C(CC(=O)N1CCOCC1)=N/NC(=O)c1ccncc1. The number of carbonyl (C=O) groups is 2. The molecule has 1 saturated heterocycles. The molecule has 0 aromatic carbocycles. The molecule has 112 valence electrons. The van der Waals surface area contributed by atoms with Gasteiger partial charge in [-0.05, 0) is 19.1 Å². The molecule has 1 aliphatic heterocycles. The van der Waals surface area contributed by atoms with Crippen LogP contribution in [0.3, 0.4) is 0 Å². The number of morpholine rings is 1. The zero-order valence-electron chi connectivity index (χ0n) is 11.9. The monoisotopic (exact) mass is 290 g/mol. The summed E-state index contributed by atoms with van der Waals surface area (Å²) in [5.41, 5.74) is 3.47. The van der Waals surface area contributed by atoms with E-state index in [9.17, 15) is 9.59 Å². The molecule has 7 nitrogen and oxygen atoms in total. The lowest BCUT2D eigenvalue weighted by Crippen LogP contribution is -2.41. The average molecular weight is 290 g/mol. The highest BCUT2D eigenvalue weighted by atomic mass is 16.5. The Bertz CT molecular complexity index is 524. The number of pyridine rings is 1. The van der Waals surface area contributed by atoms with Gasteiger partial charge in [-0.2, -0.15) is 5.10 Å². The van der Waals surface area contributed by atoms with Gasteiger partial charge in [-0.3, -0.25) is 14.6 Å². The van der Waals surface area contributed by atoms with Gasteiger partial charge in [-0.25, -0.2) is 5.43 Å². The molecule has 2 heterocycles. The van der Waals surface area contributed by atoms with Gasteiger partial charge in [0.2, 0.25) is 5.91 Å². The number of hydrogen-bond acceptors (Lipinski definition) is 5. The largest absolute Gasteiger partial charge is 0.378 e. The molecule has 2 rings (SSSR count). The quantitative estimate of drug-likeness (QED) is 0.644. The lowest BCUT2D eigenvalue weighted by molar-refractivity contribution is -0.133. The first-order valence-corrected chi connectivity index (χ1v) is 6.76. The van der Waals surface area contributed by atoms with E-state index in [1.807, 2.05) is 0 Å². The summed E-state index contributed by atoms with van der Waals surface area (Å²) in [6, 6.07) is 3.19. The number of carbonyl (C=O) groups excluding carboxylic acids is 2. The summed E-state index contributed by atoms with van der Waals surface area (Å²) in [5, 5.41) is 3.95. The first-order valence-electron chi connectivity index (χ1n) is 6.76. The topological polar surface area (TPSA) is 83.9 Å². The summed E-state index contributed by atoms with van der Waals surface area (Å²) in [7, 11) is 0. The van der Waals surface area contributed by atoms with Crippen LogP contribution >= 0.6 is 0 Å². The van der Waals surface area contributed by atoms with Crippen molar-refractivity contribution in [2.45, 2.75) is 13.3 Å². The van der Waals surface area contributed by atoms with Gasteiger partial charge in [0.15, 0.2) is 0 Å². The number of nitrogens with one attached hydrogen (secondary N) is 1. The Morgan fingerprint density at radius 2 is 2.00 bits per heavy atom. The van der Waals surface area contributed by atoms with Crippen molar-refractivity contribution >= 4 is 17.5 Å². The molecular weight excluding hydrogens is 272 g/mol. The number of ether oxygens (including phenoxy) is 1. The molecule has 1 N–H and O–H groups in total. The average Bonchev–Trinajstić information content (AvgIpc) is 2.54. The zero-order chi connectivity index (χ0) is 15.1. The summed E-state index contributed by atoms with van der Waals surface area (Å²) in [4.78, 5) is 29.4. The molecule has 0 saturated carbocycles. The van der Waals surface area contributed by atoms with E-state index in [2.05, 4.69) is 15.5 Å². The van der Waals surface area contributed by atoms with Crippen molar-refractivity contribution in [1.29, 1.82) is 0 Å². The number of aromatic nitrogens is 1. The van der Waals surface area contributed by atoms with Gasteiger partial charge in [0.05, 0.1) is 19.6 Å². The highest BCUT2D eigenvalue weighted by molar-refractivity contribution is 6.01. The predicted molar refractivity (Wildman–Crippen MR) is 76.8 cm³/mol. The van der Waals surface area contributed by atoms with E-state index in [4.69, 9.17) is 4.74 Å². The van der Waals surface area contributed by atoms with E-state index in [1.54, 1.807) is 24.0 Å². The lowest BCUT2D eigenvalue weighted by Gasteiger charge is -2.26. The Labute approximate surface area is 123 Å². The molecule has 1 aliphatic rings. The third kappa shape index (κ3) is 4.64. The van der Waals surface area contributed by atoms with E-state index < -0.39 is 0 Å². The van der Waals surface area contributed by atoms with Crippen LogP contribution in [0.15, 0.2) is 29.6 Å². The van der Waals surface area contributed by atoms with Gasteiger partial charge >= 0.3 is 0 Å². The highest BCUT2D eigenvalue weighted by Gasteiger charge is 2.17. The number of hydrazone groups is 1. The standard InChI is InChI=1S/C14H18N4O3/c1-11(10-13(19)18-6-8-21-9-7-18)16-17-14(20)12-2-4-15-5-3-12/h2-5H,6-10H2,1H3,(H,17,20)/b16-11-. The van der Waals surface area contributed by atoms with Crippen molar-refractivity contribution < 1.29 is 14.3 Å². The number of amides is 2. The van der Waals surface area contributed by atoms with Gasteiger partial charge < -0.3 is 9.64 Å². The fraction of sp³-hybridized carbons (Fsp3) is 0.429. The predicted octanol–water partition coefficient (Wildman–Crippen LogP) is 0.436. The molecule has 0 unspecified atom stereocenters. The molecule has 0 aliphatic carbocycles. The van der Waals surface area contributed by atoms with E-state index >= 15 is 0 Å². The first-order chi connectivity index (χ1) is 10.2. The maximum atomic E-state index is 12.0. The van der Waals surface area contributed by atoms with Crippen LogP contribution in [0.4, 0.5) is 0 Å². The van der Waals surface area contributed by atoms with Crippen LogP contribution in [0.5, 0.6) is 0 Å². The molecule has 1 aromatic heterocycles. The summed E-state index contributed by atoms with van der Waals surface area (Å²) in [6.45, 7) is 4.07.